The third kappa shape index (κ3) is 10.2. The second kappa shape index (κ2) is 6.34. The van der Waals surface area contributed by atoms with Gasteiger partial charge in [0, 0.05) is 6.08 Å². The number of ether oxygens (including phenoxy) is 1. The van der Waals surface area contributed by atoms with Gasteiger partial charge in [0.2, 0.25) is 16.6 Å². The average Bonchev–Trinajstić information content (AvgIpc) is 2.08. The van der Waals surface area contributed by atoms with Gasteiger partial charge in [-0.25, -0.2) is 4.79 Å². The maximum absolute atomic E-state index is 11.0. The van der Waals surface area contributed by atoms with Gasteiger partial charge in [-0.05, 0) is 39.3 Å². The van der Waals surface area contributed by atoms with E-state index in [1.165, 1.54) is 24.6 Å². The molecule has 0 bridgehead atoms. The van der Waals surface area contributed by atoms with Crippen LogP contribution in [0.2, 0.25) is 39.3 Å². The van der Waals surface area contributed by atoms with Gasteiger partial charge in [-0.2, -0.15) is 5.23 Å². The summed E-state index contributed by atoms with van der Waals surface area (Å²) < 4.78 is 15.9. The lowest BCUT2D eigenvalue weighted by atomic mass is 10.6. The van der Waals surface area contributed by atoms with Crippen LogP contribution >= 0.6 is 0 Å². The number of carbonyl (C=O) groups excluding carboxylic acids is 1. The molecular formula is C10H23NO4Si2. The summed E-state index contributed by atoms with van der Waals surface area (Å²) in [6.07, 6.45) is 2.74. The van der Waals surface area contributed by atoms with Crippen LogP contribution in [-0.2, 0) is 18.6 Å². The molecule has 0 aromatic rings. The zero-order valence-corrected chi connectivity index (χ0v) is 13.7. The fourth-order valence-electron chi connectivity index (χ4n) is 0.809. The molecule has 0 saturated heterocycles. The number of hydrogen-bond donors (Lipinski definition) is 0. The zero-order valence-electron chi connectivity index (χ0n) is 11.7. The van der Waals surface area contributed by atoms with Gasteiger partial charge >= 0.3 is 5.97 Å². The minimum atomic E-state index is -1.78. The predicted octanol–water partition coefficient (Wildman–Crippen LogP) is 2.51. The topological polar surface area (TPSA) is 48.0 Å². The molecule has 5 nitrogen and oxygen atoms in total. The van der Waals surface area contributed by atoms with Crippen molar-refractivity contribution in [2.75, 3.05) is 7.11 Å². The van der Waals surface area contributed by atoms with Crippen LogP contribution < -0.4 is 0 Å². The fourth-order valence-corrected chi connectivity index (χ4v) is 2.16. The summed E-state index contributed by atoms with van der Waals surface area (Å²) in [6, 6.07) is 0. The molecule has 0 radical (unpaired) electrons. The molecule has 0 aromatic carbocycles. The summed E-state index contributed by atoms with van der Waals surface area (Å²) in [4.78, 5) is 11.0. The highest BCUT2D eigenvalue weighted by molar-refractivity contribution is 6.70. The number of carbonyl (C=O) groups is 1. The molecule has 0 rings (SSSR count). The number of hydroxylamine groups is 2. The first-order valence-electron chi connectivity index (χ1n) is 5.47. The molecule has 0 aromatic heterocycles. The molecular weight excluding hydrogens is 254 g/mol. The molecule has 0 saturated carbocycles. The number of esters is 1. The molecule has 0 unspecified atom stereocenters. The second-order valence-corrected chi connectivity index (χ2v) is 14.3. The molecule has 0 amide bonds. The van der Waals surface area contributed by atoms with Crippen LogP contribution in [0.15, 0.2) is 12.3 Å². The van der Waals surface area contributed by atoms with Crippen LogP contribution in [0.3, 0.4) is 0 Å². The first-order valence-corrected chi connectivity index (χ1v) is 12.3. The Morgan fingerprint density at radius 3 is 1.71 bits per heavy atom. The van der Waals surface area contributed by atoms with E-state index in [9.17, 15) is 4.79 Å². The van der Waals surface area contributed by atoms with Crippen LogP contribution in [0.1, 0.15) is 0 Å². The second-order valence-electron chi connectivity index (χ2n) is 5.53. The van der Waals surface area contributed by atoms with Gasteiger partial charge in [0.1, 0.15) is 0 Å². The maximum atomic E-state index is 11.0. The van der Waals surface area contributed by atoms with Gasteiger partial charge in [0.05, 0.1) is 13.3 Å². The maximum Gasteiger partial charge on any atom is 0.332 e. The zero-order chi connectivity index (χ0) is 13.7. The van der Waals surface area contributed by atoms with Gasteiger partial charge < -0.3 is 4.74 Å². The van der Waals surface area contributed by atoms with E-state index in [-0.39, 0.29) is 0 Å². The van der Waals surface area contributed by atoms with Crippen LogP contribution in [-0.4, -0.2) is 34.9 Å². The Bertz CT molecular complexity index is 265. The molecule has 7 heteroatoms. The predicted molar refractivity (Wildman–Crippen MR) is 71.9 cm³/mol. The quantitative estimate of drug-likeness (QED) is 0.323. The standard InChI is InChI=1S/C10H23NO4Si2/c1-13-10(12)8-9-11(14-16(2,3)4)15-17(5,6)7/h8-9H,1-7H3/b9-8+. The SMILES string of the molecule is COC(=O)/C=C/N(O[Si](C)(C)C)O[Si](C)(C)C. The van der Waals surface area contributed by atoms with Crippen molar-refractivity contribution in [1.82, 2.24) is 5.23 Å². The number of methoxy groups -OCH3 is 1. The molecule has 0 heterocycles. The monoisotopic (exact) mass is 277 g/mol. The van der Waals surface area contributed by atoms with Crippen LogP contribution in [0.5, 0.6) is 0 Å². The van der Waals surface area contributed by atoms with Gasteiger partial charge in [-0.3, -0.25) is 9.05 Å². The first-order chi connectivity index (χ1) is 7.53. The Kier molecular flexibility index (Phi) is 6.10. The summed E-state index contributed by atoms with van der Waals surface area (Å²) in [7, 11) is -2.24. The van der Waals surface area contributed by atoms with Crippen LogP contribution in [0.25, 0.3) is 0 Å². The van der Waals surface area contributed by atoms with E-state index in [0.717, 1.165) is 0 Å². The smallest absolute Gasteiger partial charge is 0.332 e. The fraction of sp³-hybridized carbons (Fsp3) is 0.700. The Balaban J connectivity index is 4.63. The Morgan fingerprint density at radius 2 is 1.41 bits per heavy atom. The van der Waals surface area contributed by atoms with Crippen molar-refractivity contribution in [3.63, 3.8) is 0 Å². The summed E-state index contributed by atoms with van der Waals surface area (Å²) in [5.74, 6) is -0.437. The van der Waals surface area contributed by atoms with E-state index >= 15 is 0 Å². The minimum absolute atomic E-state index is 0.437. The van der Waals surface area contributed by atoms with E-state index in [1.807, 2.05) is 39.3 Å². The van der Waals surface area contributed by atoms with Crippen molar-refractivity contribution in [2.24, 2.45) is 0 Å². The number of hydrogen-bond acceptors (Lipinski definition) is 5. The minimum Gasteiger partial charge on any atom is -0.466 e. The van der Waals surface area contributed by atoms with E-state index in [4.69, 9.17) is 9.05 Å². The normalized spacial score (nSPS) is 12.9. The third-order valence-corrected chi connectivity index (χ3v) is 2.72. The van der Waals surface area contributed by atoms with Gasteiger partial charge in [0.15, 0.2) is 0 Å². The molecule has 0 N–H and O–H groups in total. The molecule has 0 spiro atoms. The van der Waals surface area contributed by atoms with Crippen molar-refractivity contribution in [1.29, 1.82) is 0 Å². The molecule has 0 aliphatic rings. The number of rotatable bonds is 6. The molecule has 0 aliphatic carbocycles. The van der Waals surface area contributed by atoms with Crippen molar-refractivity contribution >= 4 is 22.6 Å². The van der Waals surface area contributed by atoms with E-state index in [2.05, 4.69) is 4.74 Å². The lowest BCUT2D eigenvalue weighted by Crippen LogP contribution is -2.41. The highest BCUT2D eigenvalue weighted by atomic mass is 28.4. The molecule has 17 heavy (non-hydrogen) atoms. The highest BCUT2D eigenvalue weighted by Gasteiger charge is 2.24. The van der Waals surface area contributed by atoms with E-state index in [1.54, 1.807) is 0 Å². The number of nitrogens with zero attached hydrogens (tertiary/aromatic N) is 1. The van der Waals surface area contributed by atoms with Gasteiger partial charge in [-0.15, -0.1) is 0 Å². The summed E-state index contributed by atoms with van der Waals surface area (Å²) >= 11 is 0. The lowest BCUT2D eigenvalue weighted by Gasteiger charge is -2.31. The summed E-state index contributed by atoms with van der Waals surface area (Å²) in [5, 5.41) is 1.30. The van der Waals surface area contributed by atoms with Gasteiger partial charge in [-0.1, -0.05) is 0 Å². The van der Waals surface area contributed by atoms with E-state index in [0.29, 0.717) is 0 Å². The Labute approximate surface area is 106 Å². The molecule has 0 aliphatic heterocycles. The average molecular weight is 277 g/mol. The van der Waals surface area contributed by atoms with Crippen LogP contribution in [0.4, 0.5) is 0 Å². The highest BCUT2D eigenvalue weighted by Crippen LogP contribution is 2.13. The Hall–Kier alpha value is -0.636. The van der Waals surface area contributed by atoms with Crippen LogP contribution in [0, 0.1) is 0 Å². The molecule has 0 fully saturated rings. The van der Waals surface area contributed by atoms with Crippen molar-refractivity contribution < 1.29 is 18.6 Å². The third-order valence-electron chi connectivity index (χ3n) is 1.26. The van der Waals surface area contributed by atoms with Crippen molar-refractivity contribution in [3.8, 4) is 0 Å². The molecule has 0 atom stereocenters. The first kappa shape index (κ1) is 16.4. The van der Waals surface area contributed by atoms with E-state index < -0.39 is 22.6 Å². The van der Waals surface area contributed by atoms with Crippen molar-refractivity contribution in [2.45, 2.75) is 39.3 Å². The van der Waals surface area contributed by atoms with Gasteiger partial charge in [0.25, 0.3) is 0 Å². The largest absolute Gasteiger partial charge is 0.466 e. The Morgan fingerprint density at radius 1 is 1.00 bits per heavy atom. The summed E-state index contributed by atoms with van der Waals surface area (Å²) in [5.41, 5.74) is 0. The molecule has 100 valence electrons. The van der Waals surface area contributed by atoms with Crippen molar-refractivity contribution in [3.05, 3.63) is 12.3 Å². The summed E-state index contributed by atoms with van der Waals surface area (Å²) in [6.45, 7) is 12.2. The lowest BCUT2D eigenvalue weighted by molar-refractivity contribution is -0.231.